The maximum atomic E-state index is 12.8. The fourth-order valence-electron chi connectivity index (χ4n) is 10.1. The number of amides is 1. The molecule has 288 valence electrons. The van der Waals surface area contributed by atoms with E-state index in [-0.39, 0.29) is 35.4 Å². The monoisotopic (exact) mass is 749 g/mol. The first-order valence-corrected chi connectivity index (χ1v) is 20.4. The molecule has 4 aliphatic heterocycles. The van der Waals surface area contributed by atoms with Crippen molar-refractivity contribution in [3.63, 3.8) is 0 Å². The van der Waals surface area contributed by atoms with E-state index < -0.39 is 5.60 Å². The molecule has 4 saturated heterocycles. The summed E-state index contributed by atoms with van der Waals surface area (Å²) in [5.41, 5.74) is 5.02. The first kappa shape index (κ1) is 35.8. The molecular weight excluding hydrogens is 694 g/mol. The summed E-state index contributed by atoms with van der Waals surface area (Å²) in [5, 5.41) is 12.4. The van der Waals surface area contributed by atoms with Crippen molar-refractivity contribution in [1.82, 2.24) is 29.4 Å². The summed E-state index contributed by atoms with van der Waals surface area (Å²) in [6, 6.07) is 2.43. The average molecular weight is 750 g/mol. The van der Waals surface area contributed by atoms with E-state index in [2.05, 4.69) is 39.1 Å². The van der Waals surface area contributed by atoms with E-state index in [1.807, 2.05) is 31.9 Å². The van der Waals surface area contributed by atoms with Crippen LogP contribution in [0, 0.1) is 19.3 Å². The zero-order valence-corrected chi connectivity index (χ0v) is 32.9. The number of aryl methyl sites for hydroxylation is 1. The molecule has 2 aliphatic carbocycles. The number of nitrogens with zero attached hydrogens (tertiary/aromatic N) is 7. The van der Waals surface area contributed by atoms with E-state index in [0.29, 0.717) is 19.8 Å². The third kappa shape index (κ3) is 6.34. The Kier molecular flexibility index (Phi) is 9.04. The van der Waals surface area contributed by atoms with Crippen LogP contribution in [0.5, 0.6) is 0 Å². The number of likely N-dealkylation sites (tertiary alicyclic amines) is 1. The van der Waals surface area contributed by atoms with E-state index in [9.17, 15) is 4.79 Å². The maximum Gasteiger partial charge on any atom is 0.410 e. The first-order chi connectivity index (χ1) is 25.4. The number of rotatable bonds is 6. The zero-order valence-electron chi connectivity index (χ0n) is 32.2. The number of carbonyl (C=O) groups is 1. The second-order valence-electron chi connectivity index (χ2n) is 17.9. The fraction of sp³-hybridized carbons (Fsp3) is 0.725. The van der Waals surface area contributed by atoms with Gasteiger partial charge in [-0.05, 0) is 97.6 Å². The Bertz CT molecular complexity index is 1850. The quantitative estimate of drug-likeness (QED) is 0.267. The lowest BCUT2D eigenvalue weighted by atomic mass is 9.61. The van der Waals surface area contributed by atoms with Crippen LogP contribution in [0.3, 0.4) is 0 Å². The summed E-state index contributed by atoms with van der Waals surface area (Å²) in [7, 11) is 0. The smallest absolute Gasteiger partial charge is 0.410 e. The van der Waals surface area contributed by atoms with Crippen LogP contribution in [-0.2, 0) is 18.9 Å². The van der Waals surface area contributed by atoms with Crippen LogP contribution in [0.25, 0.3) is 22.0 Å². The lowest BCUT2D eigenvalue weighted by Crippen LogP contribution is -2.67. The van der Waals surface area contributed by atoms with Crippen molar-refractivity contribution in [3.05, 3.63) is 28.5 Å². The van der Waals surface area contributed by atoms with Gasteiger partial charge in [0, 0.05) is 73.5 Å². The van der Waals surface area contributed by atoms with E-state index in [4.69, 9.17) is 40.7 Å². The molecule has 0 bridgehead atoms. The van der Waals surface area contributed by atoms with Gasteiger partial charge in [0.15, 0.2) is 12.0 Å². The molecule has 2 atom stereocenters. The van der Waals surface area contributed by atoms with E-state index in [1.165, 1.54) is 6.42 Å². The Balaban J connectivity index is 1.07. The van der Waals surface area contributed by atoms with Crippen molar-refractivity contribution in [2.45, 2.75) is 115 Å². The molecule has 6 aliphatic rings. The normalized spacial score (nSPS) is 26.2. The van der Waals surface area contributed by atoms with Crippen molar-refractivity contribution in [1.29, 1.82) is 0 Å². The Morgan fingerprint density at radius 3 is 2.49 bits per heavy atom. The molecule has 3 aromatic rings. The van der Waals surface area contributed by atoms with Gasteiger partial charge in [0.2, 0.25) is 0 Å². The molecule has 0 radical (unpaired) electrons. The number of fused-ring (bicyclic) bond motifs is 1. The molecule has 53 heavy (non-hydrogen) atoms. The van der Waals surface area contributed by atoms with Gasteiger partial charge >= 0.3 is 6.09 Å². The molecule has 1 aromatic carbocycles. The molecule has 1 unspecified atom stereocenters. The highest BCUT2D eigenvalue weighted by Crippen LogP contribution is 2.56. The summed E-state index contributed by atoms with van der Waals surface area (Å²) in [5.74, 6) is 1.04. The van der Waals surface area contributed by atoms with Gasteiger partial charge in [-0.25, -0.2) is 9.48 Å². The van der Waals surface area contributed by atoms with Crippen molar-refractivity contribution < 1.29 is 23.7 Å². The summed E-state index contributed by atoms with van der Waals surface area (Å²) >= 11 is 7.43. The fourth-order valence-corrected chi connectivity index (χ4v) is 10.4. The summed E-state index contributed by atoms with van der Waals surface area (Å²) in [6.45, 7) is 18.1. The lowest BCUT2D eigenvalue weighted by molar-refractivity contribution is -0.101. The van der Waals surface area contributed by atoms with Crippen LogP contribution in [0.4, 0.5) is 10.6 Å². The van der Waals surface area contributed by atoms with Crippen LogP contribution >= 0.6 is 11.6 Å². The third-order valence-corrected chi connectivity index (χ3v) is 13.3. The maximum absolute atomic E-state index is 12.8. The highest BCUT2D eigenvalue weighted by molar-refractivity contribution is 6.36. The van der Waals surface area contributed by atoms with E-state index in [0.717, 1.165) is 135 Å². The van der Waals surface area contributed by atoms with E-state index >= 15 is 0 Å². The minimum absolute atomic E-state index is 0.00636. The third-order valence-electron chi connectivity index (χ3n) is 12.8. The molecule has 2 aromatic heterocycles. The number of anilines is 1. The van der Waals surface area contributed by atoms with Gasteiger partial charge in [0.05, 0.1) is 54.2 Å². The van der Waals surface area contributed by atoms with Gasteiger partial charge in [-0.1, -0.05) is 11.6 Å². The van der Waals surface area contributed by atoms with Gasteiger partial charge < -0.3 is 28.7 Å². The highest BCUT2D eigenvalue weighted by Gasteiger charge is 2.56. The second-order valence-corrected chi connectivity index (χ2v) is 18.3. The van der Waals surface area contributed by atoms with Crippen LogP contribution in [0.2, 0.25) is 5.02 Å². The Hall–Kier alpha value is -2.90. The lowest BCUT2D eigenvalue weighted by Gasteiger charge is -2.58. The average Bonchev–Trinajstić information content (AvgIpc) is 3.64. The van der Waals surface area contributed by atoms with Crippen LogP contribution in [0.1, 0.15) is 95.7 Å². The summed E-state index contributed by atoms with van der Waals surface area (Å²) in [4.78, 5) is 19.9. The van der Waals surface area contributed by atoms with Crippen molar-refractivity contribution in [3.8, 4) is 11.1 Å². The van der Waals surface area contributed by atoms with Gasteiger partial charge in [0.1, 0.15) is 5.60 Å². The number of hydrogen-bond acceptors (Lipinski definition) is 9. The SMILES string of the molecule is Cc1cc2c(cnn2C2CCCCO2)c(-c2c(N3CCN(C[C@@H]4COCCO4)CC34CCC4)nn(C3CC4(C3)CN(C(=O)OC(C)(C)C)C4)c2C)c1Cl. The molecule has 2 saturated carbocycles. The molecular formula is C40H56ClN7O5. The number of aromatic nitrogens is 4. The minimum atomic E-state index is -0.495. The molecule has 13 heteroatoms. The zero-order chi connectivity index (χ0) is 36.7. The number of carbonyl (C=O) groups excluding carboxylic acids is 1. The number of benzene rings is 1. The topological polar surface area (TPSA) is 99.4 Å². The van der Waals surface area contributed by atoms with Gasteiger partial charge in [-0.3, -0.25) is 9.58 Å². The molecule has 0 N–H and O–H groups in total. The minimum Gasteiger partial charge on any atom is -0.444 e. The number of halogens is 1. The molecule has 1 amide bonds. The number of hydrogen-bond donors (Lipinski definition) is 0. The van der Waals surface area contributed by atoms with Crippen molar-refractivity contribution in [2.24, 2.45) is 5.41 Å². The predicted octanol–water partition coefficient (Wildman–Crippen LogP) is 6.90. The molecule has 6 heterocycles. The Morgan fingerprint density at radius 2 is 1.81 bits per heavy atom. The summed E-state index contributed by atoms with van der Waals surface area (Å²) in [6.07, 6.45) is 10.5. The summed E-state index contributed by atoms with van der Waals surface area (Å²) < 4.78 is 28.1. The van der Waals surface area contributed by atoms with Crippen LogP contribution in [0.15, 0.2) is 12.3 Å². The number of ether oxygens (including phenoxy) is 4. The van der Waals surface area contributed by atoms with E-state index in [1.54, 1.807) is 0 Å². The van der Waals surface area contributed by atoms with Gasteiger partial charge in [0.25, 0.3) is 0 Å². The first-order valence-electron chi connectivity index (χ1n) is 20.0. The molecule has 9 rings (SSSR count). The molecule has 6 fully saturated rings. The predicted molar refractivity (Wildman–Crippen MR) is 204 cm³/mol. The largest absolute Gasteiger partial charge is 0.444 e. The molecule has 2 spiro atoms. The van der Waals surface area contributed by atoms with Crippen molar-refractivity contribution in [2.75, 3.05) is 70.6 Å². The van der Waals surface area contributed by atoms with Crippen molar-refractivity contribution >= 4 is 34.4 Å². The second kappa shape index (κ2) is 13.4. The highest BCUT2D eigenvalue weighted by atomic mass is 35.5. The van der Waals surface area contributed by atoms with Crippen LogP contribution < -0.4 is 4.90 Å². The van der Waals surface area contributed by atoms with Crippen LogP contribution in [-0.4, -0.2) is 118 Å². The Morgan fingerprint density at radius 1 is 1.00 bits per heavy atom. The van der Waals surface area contributed by atoms with Gasteiger partial charge in [-0.2, -0.15) is 10.2 Å². The molecule has 12 nitrogen and oxygen atoms in total. The Labute approximate surface area is 317 Å². The number of piperazine rings is 1. The standard InChI is InChI=1S/C40H56ClN7O5/c1-26-17-31-30(20-42-48(31)32-9-6-7-14-52-32)34(35(26)41)33-27(2)47(28-18-39(19-28)23-45(24-39)37(49)53-38(3,4)5)43-36(33)46-13-12-44(25-40(46)10-8-11-40)21-29-22-50-15-16-51-29/h17,20,28-29,32H,6-16,18-19,21-25H2,1-5H3/t29-,32?/m1/s1. The van der Waals surface area contributed by atoms with Gasteiger partial charge in [-0.15, -0.1) is 0 Å².